The monoisotopic (exact) mass is 230 g/mol. The molecule has 0 N–H and O–H groups in total. The van der Waals surface area contributed by atoms with Gasteiger partial charge in [0.05, 0.1) is 5.92 Å². The van der Waals surface area contributed by atoms with Gasteiger partial charge >= 0.3 is 5.97 Å². The minimum atomic E-state index is -0.333. The Hall–Kier alpha value is -1.10. The Balaban J connectivity index is 1.90. The Morgan fingerprint density at radius 3 is 2.73 bits per heavy atom. The van der Waals surface area contributed by atoms with Crippen molar-refractivity contribution >= 4 is 17.8 Å². The van der Waals surface area contributed by atoms with Gasteiger partial charge in [0.15, 0.2) is 6.33 Å². The smallest absolute Gasteiger partial charge is 0.327 e. The third-order valence-electron chi connectivity index (χ3n) is 2.86. The Labute approximate surface area is 91.9 Å². The van der Waals surface area contributed by atoms with Gasteiger partial charge in [0, 0.05) is 5.92 Å². The van der Waals surface area contributed by atoms with Gasteiger partial charge in [-0.05, 0) is 25.7 Å². The summed E-state index contributed by atoms with van der Waals surface area (Å²) < 4.78 is 9.19. The van der Waals surface area contributed by atoms with Crippen molar-refractivity contribution in [3.63, 3.8) is 0 Å². The van der Waals surface area contributed by atoms with E-state index in [1.54, 1.807) is 0 Å². The highest BCUT2D eigenvalue weighted by atomic mass is 35.5. The number of halogens is 1. The van der Waals surface area contributed by atoms with Crippen LogP contribution >= 0.6 is 11.9 Å². The first kappa shape index (κ1) is 10.4. The standard InChI is InChI=1S/C9H11ClN2O3/c10-14-9(13)7-3-1-6(2-4-7)8-11-5-12-15-8/h5-7H,1-4H2. The van der Waals surface area contributed by atoms with E-state index in [0.717, 1.165) is 25.7 Å². The van der Waals surface area contributed by atoms with Crippen molar-refractivity contribution in [3.8, 4) is 0 Å². The van der Waals surface area contributed by atoms with Crippen molar-refractivity contribution in [1.29, 1.82) is 0 Å². The highest BCUT2D eigenvalue weighted by Gasteiger charge is 2.30. The third kappa shape index (κ3) is 2.28. The average molecular weight is 231 g/mol. The zero-order valence-electron chi connectivity index (χ0n) is 8.06. The predicted octanol–water partition coefficient (Wildman–Crippen LogP) is 2.04. The minimum absolute atomic E-state index is 0.0818. The molecule has 0 bridgehead atoms. The van der Waals surface area contributed by atoms with Gasteiger partial charge < -0.3 is 8.81 Å². The summed E-state index contributed by atoms with van der Waals surface area (Å²) in [5, 5.41) is 3.57. The quantitative estimate of drug-likeness (QED) is 0.778. The molecule has 15 heavy (non-hydrogen) atoms. The maximum Gasteiger partial charge on any atom is 0.327 e. The van der Waals surface area contributed by atoms with Crippen LogP contribution < -0.4 is 0 Å². The fourth-order valence-corrected chi connectivity index (χ4v) is 2.13. The van der Waals surface area contributed by atoms with Crippen LogP contribution in [0.3, 0.4) is 0 Å². The number of hydrogen-bond acceptors (Lipinski definition) is 5. The zero-order chi connectivity index (χ0) is 10.7. The van der Waals surface area contributed by atoms with Gasteiger partial charge in [0.25, 0.3) is 0 Å². The van der Waals surface area contributed by atoms with Crippen LogP contribution in [0.15, 0.2) is 10.9 Å². The second-order valence-electron chi connectivity index (χ2n) is 3.72. The molecule has 6 heteroatoms. The fraction of sp³-hybridized carbons (Fsp3) is 0.667. The van der Waals surface area contributed by atoms with Gasteiger partial charge in [0.2, 0.25) is 5.89 Å². The molecule has 0 radical (unpaired) electrons. The van der Waals surface area contributed by atoms with Crippen molar-refractivity contribution in [1.82, 2.24) is 10.1 Å². The molecule has 1 aromatic rings. The molecule has 0 unspecified atom stereocenters. The molecular weight excluding hydrogens is 220 g/mol. The summed E-state index contributed by atoms with van der Waals surface area (Å²) in [5.74, 6) is 0.516. The van der Waals surface area contributed by atoms with E-state index in [1.165, 1.54) is 6.33 Å². The van der Waals surface area contributed by atoms with E-state index in [2.05, 4.69) is 14.4 Å². The lowest BCUT2D eigenvalue weighted by molar-refractivity contribution is -0.139. The molecule has 1 saturated carbocycles. The van der Waals surface area contributed by atoms with Gasteiger partial charge in [-0.3, -0.25) is 4.79 Å². The van der Waals surface area contributed by atoms with Crippen LogP contribution in [0.4, 0.5) is 0 Å². The Morgan fingerprint density at radius 1 is 1.47 bits per heavy atom. The zero-order valence-corrected chi connectivity index (χ0v) is 8.81. The van der Waals surface area contributed by atoms with Crippen LogP contribution in [0.1, 0.15) is 37.5 Å². The van der Waals surface area contributed by atoms with E-state index < -0.39 is 0 Å². The minimum Gasteiger partial charge on any atom is -0.347 e. The normalized spacial score (nSPS) is 26.2. The molecule has 82 valence electrons. The van der Waals surface area contributed by atoms with Crippen LogP contribution in [0.5, 0.6) is 0 Å². The fourth-order valence-electron chi connectivity index (χ4n) is 2.00. The molecule has 2 rings (SSSR count). The van der Waals surface area contributed by atoms with Crippen molar-refractivity contribution in [2.24, 2.45) is 5.92 Å². The molecule has 0 amide bonds. The predicted molar refractivity (Wildman–Crippen MR) is 50.9 cm³/mol. The maximum absolute atomic E-state index is 11.2. The largest absolute Gasteiger partial charge is 0.347 e. The van der Waals surface area contributed by atoms with Crippen molar-refractivity contribution in [2.45, 2.75) is 31.6 Å². The second kappa shape index (κ2) is 4.61. The maximum atomic E-state index is 11.2. The van der Waals surface area contributed by atoms with E-state index in [0.29, 0.717) is 5.89 Å². The summed E-state index contributed by atoms with van der Waals surface area (Å²) in [5.41, 5.74) is 0. The van der Waals surface area contributed by atoms with Crippen LogP contribution in [-0.2, 0) is 9.08 Å². The Bertz CT molecular complexity index is 320. The average Bonchev–Trinajstić information content (AvgIpc) is 2.82. The lowest BCUT2D eigenvalue weighted by Gasteiger charge is -2.23. The van der Waals surface area contributed by atoms with E-state index in [9.17, 15) is 4.79 Å². The SMILES string of the molecule is O=C(OCl)C1CCC(c2ncno2)CC1. The highest BCUT2D eigenvalue weighted by Crippen LogP contribution is 2.35. The molecular formula is C9H11ClN2O3. The third-order valence-corrected chi connectivity index (χ3v) is 3.02. The highest BCUT2D eigenvalue weighted by molar-refractivity contribution is 6.13. The molecule has 0 atom stereocenters. The van der Waals surface area contributed by atoms with E-state index in [4.69, 9.17) is 16.4 Å². The van der Waals surface area contributed by atoms with Gasteiger partial charge in [-0.25, -0.2) is 0 Å². The molecule has 5 nitrogen and oxygen atoms in total. The number of carbonyl (C=O) groups is 1. The topological polar surface area (TPSA) is 65.2 Å². The first-order chi connectivity index (χ1) is 7.31. The summed E-state index contributed by atoms with van der Waals surface area (Å²) in [4.78, 5) is 15.2. The lowest BCUT2D eigenvalue weighted by atomic mass is 9.82. The number of aromatic nitrogens is 2. The molecule has 0 aliphatic heterocycles. The molecule has 1 aliphatic carbocycles. The van der Waals surface area contributed by atoms with Crippen LogP contribution in [0, 0.1) is 5.92 Å². The van der Waals surface area contributed by atoms with Crippen molar-refractivity contribution < 1.29 is 13.6 Å². The molecule has 0 saturated heterocycles. The van der Waals surface area contributed by atoms with Crippen LogP contribution in [0.2, 0.25) is 0 Å². The summed E-state index contributed by atoms with van der Waals surface area (Å²) in [6.45, 7) is 0. The number of hydrogen-bond donors (Lipinski definition) is 0. The summed E-state index contributed by atoms with van der Waals surface area (Å²) in [7, 11) is 0. The van der Waals surface area contributed by atoms with Crippen molar-refractivity contribution in [2.75, 3.05) is 0 Å². The lowest BCUT2D eigenvalue weighted by Crippen LogP contribution is -2.21. The molecule has 1 aliphatic rings. The number of carbonyl (C=O) groups excluding carboxylic acids is 1. The van der Waals surface area contributed by atoms with Crippen LogP contribution in [-0.4, -0.2) is 16.1 Å². The molecule has 0 spiro atoms. The summed E-state index contributed by atoms with van der Waals surface area (Å²) in [6, 6.07) is 0. The number of nitrogens with zero attached hydrogens (tertiary/aromatic N) is 2. The van der Waals surface area contributed by atoms with Crippen LogP contribution in [0.25, 0.3) is 0 Å². The van der Waals surface area contributed by atoms with Gasteiger partial charge in [-0.2, -0.15) is 4.98 Å². The van der Waals surface area contributed by atoms with E-state index in [-0.39, 0.29) is 17.8 Å². The number of rotatable bonds is 2. The van der Waals surface area contributed by atoms with Gasteiger partial charge in [-0.1, -0.05) is 5.16 Å². The molecule has 1 aromatic heterocycles. The first-order valence-electron chi connectivity index (χ1n) is 4.90. The second-order valence-corrected chi connectivity index (χ2v) is 3.88. The first-order valence-corrected chi connectivity index (χ1v) is 5.21. The van der Waals surface area contributed by atoms with Crippen molar-refractivity contribution in [3.05, 3.63) is 12.2 Å². The Morgan fingerprint density at radius 2 is 2.20 bits per heavy atom. The Kier molecular flexibility index (Phi) is 3.20. The van der Waals surface area contributed by atoms with Gasteiger partial charge in [-0.15, -0.1) is 0 Å². The molecule has 1 heterocycles. The molecule has 0 aromatic carbocycles. The summed E-state index contributed by atoms with van der Waals surface area (Å²) in [6.07, 6.45) is 4.64. The summed E-state index contributed by atoms with van der Waals surface area (Å²) >= 11 is 5.03. The van der Waals surface area contributed by atoms with E-state index in [1.807, 2.05) is 0 Å². The van der Waals surface area contributed by atoms with Gasteiger partial charge in [0.1, 0.15) is 11.9 Å². The van der Waals surface area contributed by atoms with E-state index >= 15 is 0 Å². The molecule has 1 fully saturated rings.